The van der Waals surface area contributed by atoms with E-state index >= 15 is 0 Å². The summed E-state index contributed by atoms with van der Waals surface area (Å²) < 4.78 is 11.2. The molecule has 2 fully saturated rings. The molecule has 3 aromatic rings. The van der Waals surface area contributed by atoms with Crippen LogP contribution in [0.5, 0.6) is 0 Å². The summed E-state index contributed by atoms with van der Waals surface area (Å²) in [4.78, 5) is 42.5. The molecule has 256 valence electrons. The van der Waals surface area contributed by atoms with Crippen LogP contribution in [0, 0.1) is 10.1 Å². The van der Waals surface area contributed by atoms with E-state index < -0.39 is 4.92 Å². The van der Waals surface area contributed by atoms with Gasteiger partial charge in [-0.2, -0.15) is 0 Å². The highest BCUT2D eigenvalue weighted by molar-refractivity contribution is 5.68. The molecule has 5 rings (SSSR count). The van der Waals surface area contributed by atoms with Gasteiger partial charge in [-0.25, -0.2) is 9.59 Å². The van der Waals surface area contributed by atoms with E-state index in [0.29, 0.717) is 6.54 Å². The van der Waals surface area contributed by atoms with Crippen LogP contribution in [0.4, 0.5) is 15.3 Å². The Bertz CT molecular complexity index is 1470. The number of carbonyl (C=O) groups is 2. The molecule has 2 amide bonds. The third kappa shape index (κ3) is 8.92. The molecule has 1 heterocycles. The second-order valence-electron chi connectivity index (χ2n) is 13.1. The number of non-ortho nitro benzene ring substituents is 1. The highest BCUT2D eigenvalue weighted by Gasteiger charge is 2.39. The minimum absolute atomic E-state index is 0.0127. The van der Waals surface area contributed by atoms with Crippen LogP contribution in [0.3, 0.4) is 0 Å². The fraction of sp³-hybridized carbons (Fsp3) is 0.474. The lowest BCUT2D eigenvalue weighted by molar-refractivity contribution is -0.384. The van der Waals surface area contributed by atoms with Gasteiger partial charge in [-0.05, 0) is 92.7 Å². The molecular formula is C38H48N4O6. The number of ether oxygens (including phenoxy) is 2. The van der Waals surface area contributed by atoms with Crippen molar-refractivity contribution in [1.82, 2.24) is 14.7 Å². The number of piperidine rings is 1. The summed E-state index contributed by atoms with van der Waals surface area (Å²) in [5, 5.41) is 10.9. The molecule has 0 unspecified atom stereocenters. The van der Waals surface area contributed by atoms with Crippen molar-refractivity contribution in [3.63, 3.8) is 0 Å². The van der Waals surface area contributed by atoms with E-state index in [4.69, 9.17) is 9.47 Å². The SMILES string of the molecule is CCN(C(=O)OCc1ccc([N+](=O)[O-])cc1)C1CCN(CCC2(c3ccccc3)CCC(N(C)C(=O)OCc3ccccc3)CC2)CC1. The van der Waals surface area contributed by atoms with Gasteiger partial charge in [-0.3, -0.25) is 10.1 Å². The highest BCUT2D eigenvalue weighted by Crippen LogP contribution is 2.43. The number of nitro groups is 1. The van der Waals surface area contributed by atoms with Crippen molar-refractivity contribution in [2.24, 2.45) is 0 Å². The molecule has 0 N–H and O–H groups in total. The minimum atomic E-state index is -0.444. The Balaban J connectivity index is 1.11. The highest BCUT2D eigenvalue weighted by atomic mass is 16.6. The van der Waals surface area contributed by atoms with Crippen molar-refractivity contribution in [3.05, 3.63) is 112 Å². The molecule has 0 radical (unpaired) electrons. The third-order valence-electron chi connectivity index (χ3n) is 10.3. The van der Waals surface area contributed by atoms with Crippen LogP contribution in [0.1, 0.15) is 68.6 Å². The Morgan fingerprint density at radius 2 is 1.38 bits per heavy atom. The number of nitrogens with zero attached hydrogens (tertiary/aromatic N) is 4. The second-order valence-corrected chi connectivity index (χ2v) is 13.1. The standard InChI is InChI=1S/C38H48N4O6/c1-3-41(37(44)48-29-31-14-16-35(17-15-31)42(45)46)34-20-25-40(26-21-34)27-24-38(32-12-8-5-9-13-32)22-18-33(19-23-38)39(2)36(43)47-28-30-10-6-4-7-11-30/h4-17,33-34H,3,18-29H2,1-2H3. The zero-order chi connectivity index (χ0) is 33.9. The van der Waals surface area contributed by atoms with Gasteiger partial charge < -0.3 is 24.2 Å². The third-order valence-corrected chi connectivity index (χ3v) is 10.3. The average Bonchev–Trinajstić information content (AvgIpc) is 3.14. The van der Waals surface area contributed by atoms with E-state index in [1.807, 2.05) is 49.2 Å². The molecule has 1 saturated heterocycles. The topological polar surface area (TPSA) is 105 Å². The smallest absolute Gasteiger partial charge is 0.410 e. The van der Waals surface area contributed by atoms with Crippen LogP contribution in [0.2, 0.25) is 0 Å². The van der Waals surface area contributed by atoms with E-state index in [9.17, 15) is 19.7 Å². The Morgan fingerprint density at radius 3 is 1.96 bits per heavy atom. The molecule has 3 aromatic carbocycles. The first-order valence-corrected chi connectivity index (χ1v) is 17.2. The molecule has 0 atom stereocenters. The number of carbonyl (C=O) groups excluding carboxylic acids is 2. The van der Waals surface area contributed by atoms with Gasteiger partial charge in [-0.1, -0.05) is 60.7 Å². The lowest BCUT2D eigenvalue weighted by atomic mass is 9.66. The van der Waals surface area contributed by atoms with Gasteiger partial charge in [0, 0.05) is 50.9 Å². The molecule has 1 aliphatic heterocycles. The summed E-state index contributed by atoms with van der Waals surface area (Å²) in [6.07, 6.45) is 6.09. The lowest BCUT2D eigenvalue weighted by Gasteiger charge is -2.44. The van der Waals surface area contributed by atoms with Gasteiger partial charge in [0.1, 0.15) is 13.2 Å². The number of hydrogen-bond acceptors (Lipinski definition) is 7. The van der Waals surface area contributed by atoms with E-state index in [2.05, 4.69) is 35.2 Å². The number of hydrogen-bond donors (Lipinski definition) is 0. The fourth-order valence-corrected chi connectivity index (χ4v) is 7.29. The van der Waals surface area contributed by atoms with Crippen molar-refractivity contribution < 1.29 is 24.0 Å². The maximum absolute atomic E-state index is 13.0. The quantitative estimate of drug-likeness (QED) is 0.146. The number of amides is 2. The predicted molar refractivity (Wildman–Crippen MR) is 185 cm³/mol. The molecule has 1 saturated carbocycles. The average molecular weight is 657 g/mol. The van der Waals surface area contributed by atoms with E-state index in [-0.39, 0.29) is 48.6 Å². The first-order chi connectivity index (χ1) is 23.3. The maximum atomic E-state index is 13.0. The van der Waals surface area contributed by atoms with Crippen LogP contribution in [0.15, 0.2) is 84.9 Å². The number of likely N-dealkylation sites (tertiary alicyclic amines) is 1. The predicted octanol–water partition coefficient (Wildman–Crippen LogP) is 7.56. The molecule has 48 heavy (non-hydrogen) atoms. The summed E-state index contributed by atoms with van der Waals surface area (Å²) >= 11 is 0. The fourth-order valence-electron chi connectivity index (χ4n) is 7.29. The summed E-state index contributed by atoms with van der Waals surface area (Å²) in [5.74, 6) is 0. The van der Waals surface area contributed by atoms with Crippen LogP contribution >= 0.6 is 0 Å². The molecular weight excluding hydrogens is 608 g/mol. The monoisotopic (exact) mass is 656 g/mol. The molecule has 0 aromatic heterocycles. The molecule has 1 aliphatic carbocycles. The summed E-state index contributed by atoms with van der Waals surface area (Å²) in [7, 11) is 1.86. The number of nitro benzene ring substituents is 1. The van der Waals surface area contributed by atoms with Crippen LogP contribution in [-0.2, 0) is 28.1 Å². The second kappa shape index (κ2) is 16.6. The molecule has 10 heteroatoms. The Kier molecular flexibility index (Phi) is 12.1. The van der Waals surface area contributed by atoms with Gasteiger partial charge in [0.25, 0.3) is 5.69 Å². The number of rotatable bonds is 12. The van der Waals surface area contributed by atoms with Crippen molar-refractivity contribution in [2.75, 3.05) is 33.2 Å². The summed E-state index contributed by atoms with van der Waals surface area (Å²) in [5.41, 5.74) is 3.15. The molecule has 0 spiro atoms. The largest absolute Gasteiger partial charge is 0.445 e. The van der Waals surface area contributed by atoms with Crippen molar-refractivity contribution in [1.29, 1.82) is 0 Å². The zero-order valence-corrected chi connectivity index (χ0v) is 28.2. The van der Waals surface area contributed by atoms with Crippen LogP contribution in [0.25, 0.3) is 0 Å². The van der Waals surface area contributed by atoms with E-state index in [1.165, 1.54) is 17.7 Å². The number of benzene rings is 3. The van der Waals surface area contributed by atoms with Crippen molar-refractivity contribution >= 4 is 17.9 Å². The Morgan fingerprint density at radius 1 is 0.812 bits per heavy atom. The molecule has 2 aliphatic rings. The van der Waals surface area contributed by atoms with Crippen molar-refractivity contribution in [2.45, 2.75) is 82.6 Å². The Hall–Kier alpha value is -4.44. The Labute approximate surface area is 283 Å². The van der Waals surface area contributed by atoms with Gasteiger partial charge in [0.2, 0.25) is 0 Å². The first-order valence-electron chi connectivity index (χ1n) is 17.2. The van der Waals surface area contributed by atoms with Crippen LogP contribution in [-0.4, -0.2) is 77.1 Å². The van der Waals surface area contributed by atoms with Gasteiger partial charge in [0.05, 0.1) is 4.92 Å². The van der Waals surface area contributed by atoms with Crippen molar-refractivity contribution in [3.8, 4) is 0 Å². The minimum Gasteiger partial charge on any atom is -0.445 e. The van der Waals surface area contributed by atoms with Gasteiger partial charge in [-0.15, -0.1) is 0 Å². The molecule has 0 bridgehead atoms. The molecule has 10 nitrogen and oxygen atoms in total. The van der Waals surface area contributed by atoms with Crippen LogP contribution < -0.4 is 0 Å². The summed E-state index contributed by atoms with van der Waals surface area (Å²) in [6.45, 7) is 5.72. The van der Waals surface area contributed by atoms with E-state index in [0.717, 1.165) is 75.7 Å². The maximum Gasteiger partial charge on any atom is 0.410 e. The van der Waals surface area contributed by atoms with E-state index in [1.54, 1.807) is 17.0 Å². The zero-order valence-electron chi connectivity index (χ0n) is 28.2. The van der Waals surface area contributed by atoms with Gasteiger partial charge in [0.15, 0.2) is 0 Å². The summed E-state index contributed by atoms with van der Waals surface area (Å²) in [6, 6.07) is 27.0. The normalized spacial score (nSPS) is 20.1. The first kappa shape index (κ1) is 34.9. The van der Waals surface area contributed by atoms with Gasteiger partial charge >= 0.3 is 12.2 Å². The lowest BCUT2D eigenvalue weighted by Crippen LogP contribution is -2.48.